The number of halogens is 2. The summed E-state index contributed by atoms with van der Waals surface area (Å²) in [7, 11) is 0. The molecule has 0 unspecified atom stereocenters. The molecule has 0 spiro atoms. The normalized spacial score (nSPS) is 8.65. The second kappa shape index (κ2) is 6.99. The van der Waals surface area contributed by atoms with Gasteiger partial charge in [-0.2, -0.15) is 0 Å². The van der Waals surface area contributed by atoms with Crippen molar-refractivity contribution >= 4 is 23.6 Å². The molecule has 1 amide bonds. The first-order chi connectivity index (χ1) is 7.82. The molecule has 0 bridgehead atoms. The lowest BCUT2D eigenvalue weighted by molar-refractivity contribution is -0.384. The van der Waals surface area contributed by atoms with Crippen LogP contribution in [-0.2, 0) is 4.79 Å². The van der Waals surface area contributed by atoms with Crippen molar-refractivity contribution in [3.05, 3.63) is 34.4 Å². The van der Waals surface area contributed by atoms with Gasteiger partial charge in [0.05, 0.1) is 4.92 Å². The lowest BCUT2D eigenvalue weighted by Gasteiger charge is -1.99. The number of anilines is 1. The molecule has 0 fully saturated rings. The van der Waals surface area contributed by atoms with E-state index in [0.717, 1.165) is 0 Å². The quantitative estimate of drug-likeness (QED) is 0.493. The van der Waals surface area contributed by atoms with E-state index in [9.17, 15) is 23.7 Å². The topological polar surface area (TPSA) is 89.3 Å². The van der Waals surface area contributed by atoms with E-state index in [2.05, 4.69) is 5.32 Å². The van der Waals surface area contributed by atoms with Crippen LogP contribution in [0.25, 0.3) is 0 Å². The van der Waals surface area contributed by atoms with E-state index in [4.69, 9.17) is 4.79 Å². The molecule has 1 rings (SSSR count). The molecule has 0 saturated heterocycles. The lowest BCUT2D eigenvalue weighted by Crippen LogP contribution is -2.05. The standard InChI is InChI=1S/C8H8N2O3.CF2O/c1-6(11)9-7-2-4-8(5-3-7)10(12)13;2-1(3)4/h2-5H,1H3,(H,9,11);. The first kappa shape index (κ1) is 14.6. The Morgan fingerprint density at radius 1 is 1.24 bits per heavy atom. The molecular formula is C9H8F2N2O4. The molecule has 1 N–H and O–H groups in total. The van der Waals surface area contributed by atoms with Crippen LogP contribution in [0.15, 0.2) is 24.3 Å². The Labute approximate surface area is 94.4 Å². The zero-order valence-corrected chi connectivity index (χ0v) is 8.65. The minimum Gasteiger partial charge on any atom is -0.326 e. The number of benzene rings is 1. The van der Waals surface area contributed by atoms with Gasteiger partial charge in [-0.25, -0.2) is 4.79 Å². The largest absolute Gasteiger partial charge is 0.483 e. The molecule has 0 saturated carbocycles. The van der Waals surface area contributed by atoms with Gasteiger partial charge in [0.15, 0.2) is 0 Å². The Balaban J connectivity index is 0.000000557. The second-order valence-electron chi connectivity index (χ2n) is 2.71. The first-order valence-corrected chi connectivity index (χ1v) is 4.20. The molecule has 1 aromatic carbocycles. The molecule has 0 atom stereocenters. The number of nitro benzene ring substituents is 1. The Hall–Kier alpha value is -2.38. The molecule has 6 nitrogen and oxygen atoms in total. The zero-order valence-electron chi connectivity index (χ0n) is 8.65. The van der Waals surface area contributed by atoms with Crippen molar-refractivity contribution in [3.8, 4) is 0 Å². The zero-order chi connectivity index (χ0) is 13.4. The number of carbonyl (C=O) groups is 2. The van der Waals surface area contributed by atoms with E-state index in [1.54, 1.807) is 0 Å². The second-order valence-corrected chi connectivity index (χ2v) is 2.71. The predicted octanol–water partition coefficient (Wildman–Crippen LogP) is 2.60. The van der Waals surface area contributed by atoms with E-state index in [-0.39, 0.29) is 11.6 Å². The average molecular weight is 246 g/mol. The van der Waals surface area contributed by atoms with Crippen LogP contribution in [0.4, 0.5) is 25.0 Å². The fourth-order valence-corrected chi connectivity index (χ4v) is 0.870. The number of nitro groups is 1. The highest BCUT2D eigenvalue weighted by molar-refractivity contribution is 5.88. The SMILES string of the molecule is CC(=O)Nc1ccc([N+](=O)[O-])cc1.O=C(F)F. The van der Waals surface area contributed by atoms with Crippen LogP contribution in [0.1, 0.15) is 6.92 Å². The number of amides is 1. The number of rotatable bonds is 2. The monoisotopic (exact) mass is 246 g/mol. The minimum absolute atomic E-state index is 0.00843. The number of hydrogen-bond acceptors (Lipinski definition) is 4. The van der Waals surface area contributed by atoms with Crippen LogP contribution >= 0.6 is 0 Å². The maximum absolute atomic E-state index is 10.6. The van der Waals surface area contributed by atoms with E-state index in [1.807, 2.05) is 0 Å². The van der Waals surface area contributed by atoms with Crippen molar-refractivity contribution in [1.82, 2.24) is 0 Å². The maximum atomic E-state index is 10.6. The van der Waals surface area contributed by atoms with Gasteiger partial charge in [0, 0.05) is 24.7 Å². The van der Waals surface area contributed by atoms with Crippen molar-refractivity contribution in [2.75, 3.05) is 5.32 Å². The Morgan fingerprint density at radius 2 is 1.65 bits per heavy atom. The summed E-state index contributed by atoms with van der Waals surface area (Å²) < 4.78 is 19.4. The summed E-state index contributed by atoms with van der Waals surface area (Å²) in [6.07, 6.45) is -2.83. The summed E-state index contributed by atoms with van der Waals surface area (Å²) >= 11 is 0. The van der Waals surface area contributed by atoms with Crippen LogP contribution in [0, 0.1) is 10.1 Å². The van der Waals surface area contributed by atoms with Gasteiger partial charge >= 0.3 is 6.29 Å². The smallest absolute Gasteiger partial charge is 0.326 e. The molecule has 0 aromatic heterocycles. The molecule has 0 aliphatic carbocycles. The van der Waals surface area contributed by atoms with Crippen molar-refractivity contribution < 1.29 is 23.3 Å². The van der Waals surface area contributed by atoms with E-state index in [0.29, 0.717) is 5.69 Å². The number of nitrogens with zero attached hydrogens (tertiary/aromatic N) is 1. The Kier molecular flexibility index (Phi) is 6.01. The van der Waals surface area contributed by atoms with Gasteiger partial charge in [0.2, 0.25) is 5.91 Å². The molecule has 17 heavy (non-hydrogen) atoms. The molecule has 0 radical (unpaired) electrons. The Morgan fingerprint density at radius 3 is 1.94 bits per heavy atom. The fraction of sp³-hybridized carbons (Fsp3) is 0.111. The van der Waals surface area contributed by atoms with E-state index >= 15 is 0 Å². The van der Waals surface area contributed by atoms with Crippen molar-refractivity contribution in [2.24, 2.45) is 0 Å². The van der Waals surface area contributed by atoms with Gasteiger partial charge in [-0.3, -0.25) is 14.9 Å². The van der Waals surface area contributed by atoms with Gasteiger partial charge in [-0.05, 0) is 12.1 Å². The van der Waals surface area contributed by atoms with Gasteiger partial charge < -0.3 is 5.32 Å². The maximum Gasteiger partial charge on any atom is 0.483 e. The fourth-order valence-electron chi connectivity index (χ4n) is 0.870. The van der Waals surface area contributed by atoms with Crippen molar-refractivity contribution in [2.45, 2.75) is 6.92 Å². The Bertz CT molecular complexity index is 416. The molecule has 8 heteroatoms. The number of nitrogens with one attached hydrogen (secondary N) is 1. The highest BCUT2D eigenvalue weighted by atomic mass is 19.3. The number of hydrogen-bond donors (Lipinski definition) is 1. The van der Waals surface area contributed by atoms with Gasteiger partial charge in [-0.15, -0.1) is 8.78 Å². The third-order valence-electron chi connectivity index (χ3n) is 1.40. The first-order valence-electron chi connectivity index (χ1n) is 4.20. The van der Waals surface area contributed by atoms with Crippen LogP contribution in [0.5, 0.6) is 0 Å². The lowest BCUT2D eigenvalue weighted by atomic mass is 10.3. The van der Waals surface area contributed by atoms with E-state index in [1.165, 1.54) is 31.2 Å². The molecule has 0 aliphatic rings. The predicted molar refractivity (Wildman–Crippen MR) is 55.0 cm³/mol. The molecule has 1 aromatic rings. The third kappa shape index (κ3) is 7.54. The molecule has 0 aliphatic heterocycles. The summed E-state index contributed by atoms with van der Waals surface area (Å²) in [6, 6.07) is 5.65. The summed E-state index contributed by atoms with van der Waals surface area (Å²) in [6.45, 7) is 1.38. The van der Waals surface area contributed by atoms with Crippen LogP contribution < -0.4 is 5.32 Å². The summed E-state index contributed by atoms with van der Waals surface area (Å²) in [5.41, 5.74) is 0.562. The van der Waals surface area contributed by atoms with Crippen molar-refractivity contribution in [1.29, 1.82) is 0 Å². The van der Waals surface area contributed by atoms with E-state index < -0.39 is 11.2 Å². The summed E-state index contributed by atoms with van der Waals surface area (Å²) in [5, 5.41) is 12.8. The highest BCUT2D eigenvalue weighted by Crippen LogP contribution is 2.14. The van der Waals surface area contributed by atoms with Gasteiger partial charge in [-0.1, -0.05) is 0 Å². The van der Waals surface area contributed by atoms with Crippen LogP contribution in [-0.4, -0.2) is 17.1 Å². The van der Waals surface area contributed by atoms with Crippen LogP contribution in [0.2, 0.25) is 0 Å². The molecule has 92 valence electrons. The number of carbonyl (C=O) groups excluding carboxylic acids is 2. The minimum atomic E-state index is -2.83. The summed E-state index contributed by atoms with van der Waals surface area (Å²) in [4.78, 5) is 28.5. The third-order valence-corrected chi connectivity index (χ3v) is 1.40. The van der Waals surface area contributed by atoms with Gasteiger partial charge in [0.1, 0.15) is 0 Å². The molecule has 0 heterocycles. The van der Waals surface area contributed by atoms with Crippen molar-refractivity contribution in [3.63, 3.8) is 0 Å². The molecular weight excluding hydrogens is 238 g/mol. The number of non-ortho nitro benzene ring substituents is 1. The summed E-state index contributed by atoms with van der Waals surface area (Å²) in [5.74, 6) is -0.200. The highest BCUT2D eigenvalue weighted by Gasteiger charge is 2.03. The average Bonchev–Trinajstić information content (AvgIpc) is 2.16. The van der Waals surface area contributed by atoms with Gasteiger partial charge in [0.25, 0.3) is 5.69 Å². The van der Waals surface area contributed by atoms with Crippen LogP contribution in [0.3, 0.4) is 0 Å².